The number of amides is 1. The first kappa shape index (κ1) is 19.0. The lowest BCUT2D eigenvalue weighted by atomic mass is 10.2. The minimum absolute atomic E-state index is 0.0682. The highest BCUT2D eigenvalue weighted by Gasteiger charge is 2.24. The second-order valence-electron chi connectivity index (χ2n) is 5.55. The number of carbonyl (C=O) groups excluding carboxylic acids is 1. The van der Waals surface area contributed by atoms with Gasteiger partial charge in [-0.2, -0.15) is 0 Å². The standard InChI is InChI=1S/C17H14ClN7O3/c1-10-3-2-4-13(21-10)22-15-14(25(27)28)16(20-9-19-15)23-24-17(26)11-5-7-12(18)8-6-11/h2-9H,1H3,(H,24,26)(H2,19,20,21,22,23). The maximum Gasteiger partial charge on any atom is 0.355 e. The molecule has 28 heavy (non-hydrogen) atoms. The van der Waals surface area contributed by atoms with Crippen LogP contribution in [0.5, 0.6) is 0 Å². The molecule has 0 spiro atoms. The van der Waals surface area contributed by atoms with Crippen molar-refractivity contribution in [2.45, 2.75) is 6.92 Å². The van der Waals surface area contributed by atoms with Crippen molar-refractivity contribution in [1.29, 1.82) is 0 Å². The molecule has 1 amide bonds. The van der Waals surface area contributed by atoms with Crippen LogP contribution in [0.4, 0.5) is 23.1 Å². The summed E-state index contributed by atoms with van der Waals surface area (Å²) in [4.78, 5) is 35.0. The predicted octanol–water partition coefficient (Wildman–Crippen LogP) is 3.24. The van der Waals surface area contributed by atoms with Crippen LogP contribution in [0.1, 0.15) is 16.1 Å². The van der Waals surface area contributed by atoms with Crippen molar-refractivity contribution in [3.8, 4) is 0 Å². The number of anilines is 3. The molecule has 3 N–H and O–H groups in total. The molecule has 0 radical (unpaired) electrons. The van der Waals surface area contributed by atoms with Gasteiger partial charge in [-0.15, -0.1) is 0 Å². The number of nitrogens with zero attached hydrogens (tertiary/aromatic N) is 4. The molecule has 0 atom stereocenters. The zero-order valence-corrected chi connectivity index (χ0v) is 15.3. The number of aromatic nitrogens is 3. The first-order chi connectivity index (χ1) is 13.4. The fourth-order valence-corrected chi connectivity index (χ4v) is 2.38. The average molecular weight is 400 g/mol. The van der Waals surface area contributed by atoms with E-state index < -0.39 is 16.5 Å². The number of rotatable bonds is 6. The molecule has 0 saturated heterocycles. The van der Waals surface area contributed by atoms with Gasteiger partial charge in [0.1, 0.15) is 12.1 Å². The van der Waals surface area contributed by atoms with Crippen LogP contribution in [0.25, 0.3) is 0 Å². The van der Waals surface area contributed by atoms with Crippen LogP contribution in [0.2, 0.25) is 5.02 Å². The first-order valence-electron chi connectivity index (χ1n) is 7.96. The highest BCUT2D eigenvalue weighted by molar-refractivity contribution is 6.30. The van der Waals surface area contributed by atoms with Gasteiger partial charge in [-0.05, 0) is 43.3 Å². The maximum atomic E-state index is 12.2. The lowest BCUT2D eigenvalue weighted by molar-refractivity contribution is -0.383. The summed E-state index contributed by atoms with van der Waals surface area (Å²) in [5, 5.41) is 14.8. The summed E-state index contributed by atoms with van der Waals surface area (Å²) in [6, 6.07) is 11.3. The quantitative estimate of drug-likeness (QED) is 0.424. The number of pyridine rings is 1. The zero-order valence-electron chi connectivity index (χ0n) is 14.5. The number of hydrazine groups is 1. The Balaban J connectivity index is 1.82. The van der Waals surface area contributed by atoms with Gasteiger partial charge >= 0.3 is 5.69 Å². The van der Waals surface area contributed by atoms with Crippen molar-refractivity contribution < 1.29 is 9.72 Å². The Kier molecular flexibility index (Phi) is 5.61. The SMILES string of the molecule is Cc1cccc(Nc2ncnc(NNC(=O)c3ccc(Cl)cc3)c2[N+](=O)[O-])n1. The molecule has 0 aliphatic carbocycles. The third-order valence-corrected chi connectivity index (χ3v) is 3.79. The van der Waals surface area contributed by atoms with Crippen LogP contribution in [0.3, 0.4) is 0 Å². The molecule has 0 fully saturated rings. The van der Waals surface area contributed by atoms with E-state index in [0.29, 0.717) is 16.4 Å². The Labute approximate surface area is 164 Å². The van der Waals surface area contributed by atoms with Crippen LogP contribution >= 0.6 is 11.6 Å². The van der Waals surface area contributed by atoms with Gasteiger partial charge in [0.05, 0.1) is 4.92 Å². The van der Waals surface area contributed by atoms with Gasteiger partial charge in [0.15, 0.2) is 0 Å². The number of aryl methyl sites for hydroxylation is 1. The zero-order chi connectivity index (χ0) is 20.1. The smallest absolute Gasteiger partial charge is 0.319 e. The van der Waals surface area contributed by atoms with Crippen LogP contribution in [-0.4, -0.2) is 25.8 Å². The highest BCUT2D eigenvalue weighted by Crippen LogP contribution is 2.30. The molecule has 0 unspecified atom stereocenters. The van der Waals surface area contributed by atoms with E-state index in [9.17, 15) is 14.9 Å². The lowest BCUT2D eigenvalue weighted by Gasteiger charge is -2.11. The topological polar surface area (TPSA) is 135 Å². The third kappa shape index (κ3) is 4.48. The van der Waals surface area contributed by atoms with Crippen molar-refractivity contribution in [2.24, 2.45) is 0 Å². The number of hydrogen-bond donors (Lipinski definition) is 3. The summed E-state index contributed by atoms with van der Waals surface area (Å²) >= 11 is 5.79. The number of nitro groups is 1. The summed E-state index contributed by atoms with van der Waals surface area (Å²) in [5.41, 5.74) is 5.42. The first-order valence-corrected chi connectivity index (χ1v) is 8.34. The van der Waals surface area contributed by atoms with Crippen LogP contribution in [-0.2, 0) is 0 Å². The molecular formula is C17H14ClN7O3. The molecule has 1 aromatic carbocycles. The number of halogens is 1. The van der Waals surface area contributed by atoms with E-state index >= 15 is 0 Å². The van der Waals surface area contributed by atoms with E-state index in [0.717, 1.165) is 12.0 Å². The monoisotopic (exact) mass is 399 g/mol. The van der Waals surface area contributed by atoms with E-state index in [1.165, 1.54) is 12.1 Å². The maximum absolute atomic E-state index is 12.2. The third-order valence-electron chi connectivity index (χ3n) is 3.54. The number of nitrogens with one attached hydrogen (secondary N) is 3. The molecule has 0 bridgehead atoms. The molecule has 10 nitrogen and oxygen atoms in total. The minimum atomic E-state index is -0.658. The summed E-state index contributed by atoms with van der Waals surface area (Å²) in [7, 11) is 0. The fourth-order valence-electron chi connectivity index (χ4n) is 2.26. The Morgan fingerprint density at radius 2 is 1.82 bits per heavy atom. The summed E-state index contributed by atoms with van der Waals surface area (Å²) in [6.45, 7) is 1.79. The van der Waals surface area contributed by atoms with Gasteiger partial charge in [0.25, 0.3) is 5.91 Å². The average Bonchev–Trinajstić information content (AvgIpc) is 2.66. The van der Waals surface area contributed by atoms with Crippen molar-refractivity contribution in [1.82, 2.24) is 20.4 Å². The van der Waals surface area contributed by atoms with Crippen molar-refractivity contribution in [2.75, 3.05) is 10.7 Å². The molecule has 142 valence electrons. The summed E-state index contributed by atoms with van der Waals surface area (Å²) in [6.07, 6.45) is 1.13. The van der Waals surface area contributed by atoms with Gasteiger partial charge in [-0.1, -0.05) is 17.7 Å². The normalized spacial score (nSPS) is 10.2. The van der Waals surface area contributed by atoms with Crippen molar-refractivity contribution in [3.05, 3.63) is 75.2 Å². The summed E-state index contributed by atoms with van der Waals surface area (Å²) in [5.74, 6) is -0.379. The van der Waals surface area contributed by atoms with E-state index in [-0.39, 0.29) is 11.6 Å². The number of benzene rings is 1. The van der Waals surface area contributed by atoms with Crippen molar-refractivity contribution in [3.63, 3.8) is 0 Å². The predicted molar refractivity (Wildman–Crippen MR) is 103 cm³/mol. The molecule has 0 aliphatic heterocycles. The molecule has 2 aromatic heterocycles. The largest absolute Gasteiger partial charge is 0.355 e. The fraction of sp³-hybridized carbons (Fsp3) is 0.0588. The van der Waals surface area contributed by atoms with E-state index in [1.54, 1.807) is 37.3 Å². The van der Waals surface area contributed by atoms with E-state index in [4.69, 9.17) is 11.6 Å². The van der Waals surface area contributed by atoms with E-state index in [2.05, 4.69) is 31.1 Å². The number of carbonyl (C=O) groups is 1. The van der Waals surface area contributed by atoms with Crippen LogP contribution in [0.15, 0.2) is 48.8 Å². The Morgan fingerprint density at radius 3 is 2.50 bits per heavy atom. The Hall–Kier alpha value is -3.79. The Morgan fingerprint density at radius 1 is 1.11 bits per heavy atom. The second-order valence-corrected chi connectivity index (χ2v) is 5.99. The lowest BCUT2D eigenvalue weighted by Crippen LogP contribution is -2.30. The highest BCUT2D eigenvalue weighted by atomic mass is 35.5. The second kappa shape index (κ2) is 8.27. The van der Waals surface area contributed by atoms with Crippen molar-refractivity contribution >= 4 is 40.6 Å². The molecular weight excluding hydrogens is 386 g/mol. The van der Waals surface area contributed by atoms with Gasteiger partial charge in [-0.3, -0.25) is 25.8 Å². The van der Waals surface area contributed by atoms with Gasteiger partial charge in [0.2, 0.25) is 11.6 Å². The molecule has 3 rings (SSSR count). The molecule has 11 heteroatoms. The molecule has 0 aliphatic rings. The molecule has 3 aromatic rings. The molecule has 2 heterocycles. The van der Waals surface area contributed by atoms with Gasteiger partial charge < -0.3 is 5.32 Å². The van der Waals surface area contributed by atoms with E-state index in [1.807, 2.05) is 0 Å². The van der Waals surface area contributed by atoms with Crippen LogP contribution < -0.4 is 16.2 Å². The van der Waals surface area contributed by atoms with Gasteiger partial charge in [0, 0.05) is 16.3 Å². The molecule has 0 saturated carbocycles. The van der Waals surface area contributed by atoms with Gasteiger partial charge in [-0.25, -0.2) is 15.0 Å². The minimum Gasteiger partial charge on any atom is -0.319 e. The Bertz CT molecular complexity index is 1030. The van der Waals surface area contributed by atoms with Crippen LogP contribution in [0, 0.1) is 17.0 Å². The number of hydrogen-bond acceptors (Lipinski definition) is 8. The summed E-state index contributed by atoms with van der Waals surface area (Å²) < 4.78 is 0.